The first kappa shape index (κ1) is 21.1. The number of piperidine rings is 1. The monoisotopic (exact) mass is 418 g/mol. The summed E-state index contributed by atoms with van der Waals surface area (Å²) < 4.78 is 0. The van der Waals surface area contributed by atoms with Gasteiger partial charge in [0.05, 0.1) is 0 Å². The third-order valence-corrected chi connectivity index (χ3v) is 6.07. The van der Waals surface area contributed by atoms with Gasteiger partial charge in [0.25, 0.3) is 0 Å². The Balaban J connectivity index is 1.47. The van der Waals surface area contributed by atoms with Crippen LogP contribution in [0.3, 0.4) is 0 Å². The van der Waals surface area contributed by atoms with E-state index in [1.165, 1.54) is 0 Å². The number of carbonyl (C=O) groups is 2. The standard InChI is InChI=1S/C25H30N4O2/c26-20-12-14-29(15-13-20)25(31)23(16-19-17-27-22-9-5-4-8-21(19)22)28-24(30)11-10-18-6-2-1-3-7-18/h1-9,17,20,23,27H,10-16,26H2,(H,28,30). The normalized spacial score (nSPS) is 15.7. The predicted molar refractivity (Wildman–Crippen MR) is 122 cm³/mol. The summed E-state index contributed by atoms with van der Waals surface area (Å²) in [6.45, 7) is 1.29. The summed E-state index contributed by atoms with van der Waals surface area (Å²) in [6, 6.07) is 17.5. The van der Waals surface area contributed by atoms with E-state index in [1.807, 2.05) is 65.7 Å². The maximum Gasteiger partial charge on any atom is 0.245 e. The molecule has 31 heavy (non-hydrogen) atoms. The molecule has 2 amide bonds. The number of likely N-dealkylation sites (tertiary alicyclic amines) is 1. The average Bonchev–Trinajstić information content (AvgIpc) is 3.21. The number of H-pyrrole nitrogens is 1. The van der Waals surface area contributed by atoms with Gasteiger partial charge in [-0.2, -0.15) is 0 Å². The van der Waals surface area contributed by atoms with Crippen LogP contribution < -0.4 is 11.1 Å². The van der Waals surface area contributed by atoms with Crippen LogP contribution in [-0.4, -0.2) is 46.9 Å². The van der Waals surface area contributed by atoms with Gasteiger partial charge in [-0.05, 0) is 36.5 Å². The van der Waals surface area contributed by atoms with Gasteiger partial charge in [0.15, 0.2) is 0 Å². The predicted octanol–water partition coefficient (Wildman–Crippen LogP) is 2.78. The molecule has 0 aliphatic carbocycles. The van der Waals surface area contributed by atoms with Crippen molar-refractivity contribution in [3.8, 4) is 0 Å². The molecule has 1 aromatic heterocycles. The Morgan fingerprint density at radius 1 is 1.06 bits per heavy atom. The Hall–Kier alpha value is -3.12. The smallest absolute Gasteiger partial charge is 0.245 e. The zero-order valence-corrected chi connectivity index (χ0v) is 17.7. The van der Waals surface area contributed by atoms with Crippen molar-refractivity contribution < 1.29 is 9.59 Å². The van der Waals surface area contributed by atoms with Gasteiger partial charge < -0.3 is 20.9 Å². The lowest BCUT2D eigenvalue weighted by Crippen LogP contribution is -2.53. The summed E-state index contributed by atoms with van der Waals surface area (Å²) in [5.41, 5.74) is 9.19. The minimum atomic E-state index is -0.586. The highest BCUT2D eigenvalue weighted by Gasteiger charge is 2.29. The number of rotatable bonds is 7. The highest BCUT2D eigenvalue weighted by molar-refractivity contribution is 5.89. The molecule has 4 N–H and O–H groups in total. The molecule has 1 aliphatic heterocycles. The Bertz CT molecular complexity index is 1020. The molecule has 0 spiro atoms. The average molecular weight is 419 g/mol. The van der Waals surface area contributed by atoms with Crippen LogP contribution in [0.4, 0.5) is 0 Å². The summed E-state index contributed by atoms with van der Waals surface area (Å²) in [5.74, 6) is -0.124. The SMILES string of the molecule is NC1CCN(C(=O)C(Cc2c[nH]c3ccccc23)NC(=O)CCc2ccccc2)CC1. The molecule has 0 bridgehead atoms. The zero-order chi connectivity index (χ0) is 21.6. The fourth-order valence-electron chi connectivity index (χ4n) is 4.23. The lowest BCUT2D eigenvalue weighted by Gasteiger charge is -2.33. The fourth-order valence-corrected chi connectivity index (χ4v) is 4.23. The van der Waals surface area contributed by atoms with E-state index in [2.05, 4.69) is 10.3 Å². The number of benzene rings is 2. The first-order valence-corrected chi connectivity index (χ1v) is 11.0. The van der Waals surface area contributed by atoms with Gasteiger partial charge in [0, 0.05) is 49.1 Å². The molecule has 1 atom stereocenters. The summed E-state index contributed by atoms with van der Waals surface area (Å²) in [4.78, 5) is 31.2. The van der Waals surface area contributed by atoms with Crippen LogP contribution in [0.5, 0.6) is 0 Å². The van der Waals surface area contributed by atoms with Crippen molar-refractivity contribution in [3.63, 3.8) is 0 Å². The van der Waals surface area contributed by atoms with Crippen molar-refractivity contribution in [1.82, 2.24) is 15.2 Å². The molecular weight excluding hydrogens is 388 g/mol. The van der Waals surface area contributed by atoms with Gasteiger partial charge in [-0.15, -0.1) is 0 Å². The van der Waals surface area contributed by atoms with Gasteiger partial charge in [0.2, 0.25) is 11.8 Å². The first-order valence-electron chi connectivity index (χ1n) is 11.0. The zero-order valence-electron chi connectivity index (χ0n) is 17.7. The number of nitrogens with one attached hydrogen (secondary N) is 2. The number of amides is 2. The molecule has 3 aromatic rings. The second-order valence-corrected chi connectivity index (χ2v) is 8.33. The minimum absolute atomic E-state index is 0.0229. The molecule has 0 saturated carbocycles. The van der Waals surface area contributed by atoms with Crippen LogP contribution in [0.2, 0.25) is 0 Å². The van der Waals surface area contributed by atoms with Gasteiger partial charge in [-0.3, -0.25) is 9.59 Å². The summed E-state index contributed by atoms with van der Waals surface area (Å²) in [7, 11) is 0. The lowest BCUT2D eigenvalue weighted by molar-refractivity contribution is -0.137. The minimum Gasteiger partial charge on any atom is -0.361 e. The number of fused-ring (bicyclic) bond motifs is 1. The lowest BCUT2D eigenvalue weighted by atomic mass is 10.0. The molecule has 1 fully saturated rings. The third kappa shape index (κ3) is 5.33. The van der Waals surface area contributed by atoms with Crippen molar-refractivity contribution in [2.45, 2.75) is 44.2 Å². The second-order valence-electron chi connectivity index (χ2n) is 8.33. The molecule has 162 valence electrons. The molecular formula is C25H30N4O2. The topological polar surface area (TPSA) is 91.2 Å². The number of nitrogens with zero attached hydrogens (tertiary/aromatic N) is 1. The molecule has 1 aliphatic rings. The van der Waals surface area contributed by atoms with E-state index >= 15 is 0 Å². The van der Waals surface area contributed by atoms with Crippen molar-refractivity contribution in [1.29, 1.82) is 0 Å². The molecule has 1 unspecified atom stereocenters. The van der Waals surface area contributed by atoms with Gasteiger partial charge >= 0.3 is 0 Å². The van der Waals surface area contributed by atoms with E-state index in [0.29, 0.717) is 32.4 Å². The summed E-state index contributed by atoms with van der Waals surface area (Å²) in [5, 5.41) is 4.11. The summed E-state index contributed by atoms with van der Waals surface area (Å²) >= 11 is 0. The van der Waals surface area contributed by atoms with E-state index in [1.54, 1.807) is 0 Å². The third-order valence-electron chi connectivity index (χ3n) is 6.07. The van der Waals surface area contributed by atoms with Crippen LogP contribution in [0.25, 0.3) is 10.9 Å². The number of aryl methyl sites for hydroxylation is 1. The Morgan fingerprint density at radius 3 is 2.55 bits per heavy atom. The van der Waals surface area contributed by atoms with E-state index in [9.17, 15) is 9.59 Å². The Kier molecular flexibility index (Phi) is 6.67. The van der Waals surface area contributed by atoms with Gasteiger partial charge in [-0.1, -0.05) is 48.5 Å². The molecule has 2 aromatic carbocycles. The molecule has 0 radical (unpaired) electrons. The van der Waals surface area contributed by atoms with Crippen LogP contribution >= 0.6 is 0 Å². The molecule has 6 heteroatoms. The van der Waals surface area contributed by atoms with Crippen molar-refractivity contribution >= 4 is 22.7 Å². The molecule has 2 heterocycles. The fraction of sp³-hybridized carbons (Fsp3) is 0.360. The number of nitrogens with two attached hydrogens (primary N) is 1. The van der Waals surface area contributed by atoms with E-state index in [0.717, 1.165) is 34.9 Å². The molecule has 6 nitrogen and oxygen atoms in total. The number of carbonyl (C=O) groups excluding carboxylic acids is 2. The van der Waals surface area contributed by atoms with Crippen LogP contribution in [0, 0.1) is 0 Å². The van der Waals surface area contributed by atoms with Crippen molar-refractivity contribution in [2.24, 2.45) is 5.73 Å². The molecule has 1 saturated heterocycles. The van der Waals surface area contributed by atoms with Crippen molar-refractivity contribution in [3.05, 3.63) is 71.9 Å². The Morgan fingerprint density at radius 2 is 1.77 bits per heavy atom. The number of hydrogen-bond donors (Lipinski definition) is 3. The van der Waals surface area contributed by atoms with E-state index in [-0.39, 0.29) is 17.9 Å². The highest BCUT2D eigenvalue weighted by atomic mass is 16.2. The van der Waals surface area contributed by atoms with Gasteiger partial charge in [0.1, 0.15) is 6.04 Å². The quantitative estimate of drug-likeness (QED) is 0.551. The summed E-state index contributed by atoms with van der Waals surface area (Å²) in [6.07, 6.45) is 5.00. The van der Waals surface area contributed by atoms with Crippen LogP contribution in [0.15, 0.2) is 60.8 Å². The highest BCUT2D eigenvalue weighted by Crippen LogP contribution is 2.20. The number of aromatic nitrogens is 1. The number of para-hydroxylation sites is 1. The van der Waals surface area contributed by atoms with Crippen LogP contribution in [-0.2, 0) is 22.4 Å². The van der Waals surface area contributed by atoms with Crippen molar-refractivity contribution in [2.75, 3.05) is 13.1 Å². The Labute approximate surface area is 182 Å². The van der Waals surface area contributed by atoms with Gasteiger partial charge in [-0.25, -0.2) is 0 Å². The number of aromatic amines is 1. The van der Waals surface area contributed by atoms with Crippen LogP contribution in [0.1, 0.15) is 30.4 Å². The maximum absolute atomic E-state index is 13.3. The number of hydrogen-bond acceptors (Lipinski definition) is 3. The van der Waals surface area contributed by atoms with E-state index < -0.39 is 6.04 Å². The first-order chi connectivity index (χ1) is 15.1. The largest absolute Gasteiger partial charge is 0.361 e. The maximum atomic E-state index is 13.3. The molecule has 4 rings (SSSR count). The van der Waals surface area contributed by atoms with E-state index in [4.69, 9.17) is 5.73 Å². The second kappa shape index (κ2) is 9.79.